The Kier molecular flexibility index (Phi) is 3.69. The van der Waals surface area contributed by atoms with Crippen molar-refractivity contribution in [3.63, 3.8) is 0 Å². The number of rotatable bonds is 3. The van der Waals surface area contributed by atoms with Gasteiger partial charge in [-0.15, -0.1) is 0 Å². The third-order valence-electron chi connectivity index (χ3n) is 3.15. The number of benzene rings is 1. The van der Waals surface area contributed by atoms with Crippen LogP contribution in [-0.2, 0) is 0 Å². The Balaban J connectivity index is 2.37. The van der Waals surface area contributed by atoms with E-state index in [0.717, 1.165) is 0 Å². The largest absolute Gasteiger partial charge is 0.483 e. The number of ether oxygens (including phenoxy) is 2. The fourth-order valence-electron chi connectivity index (χ4n) is 1.98. The molecule has 0 saturated carbocycles. The zero-order valence-corrected chi connectivity index (χ0v) is 11.3. The summed E-state index contributed by atoms with van der Waals surface area (Å²) in [4.78, 5) is 0. The van der Waals surface area contributed by atoms with Crippen LogP contribution in [0.4, 0.5) is 4.39 Å². The number of halogens is 1. The molecule has 0 unspecified atom stereocenters. The van der Waals surface area contributed by atoms with Gasteiger partial charge in [-0.05, 0) is 31.5 Å². The molecule has 1 heterocycles. The fourth-order valence-corrected chi connectivity index (χ4v) is 1.98. The second-order valence-corrected chi connectivity index (χ2v) is 5.59. The van der Waals surface area contributed by atoms with Gasteiger partial charge in [0.05, 0.1) is 6.10 Å². The van der Waals surface area contributed by atoms with Crippen molar-refractivity contribution in [3.8, 4) is 11.5 Å². The molecule has 0 radical (unpaired) electrons. The maximum atomic E-state index is 13.9. The maximum absolute atomic E-state index is 13.9. The quantitative estimate of drug-likeness (QED) is 0.882. The standard InChI is InChI=1S/C14H19FO4/c1-8(6-16)12(17)9-4-10(15)13-11(5-9)19-14(2,3)7-18-13/h4-5,8,12,16-17H,6-7H2,1-3H3/t8-,12+/m1/s1. The van der Waals surface area contributed by atoms with E-state index in [4.69, 9.17) is 14.6 Å². The molecule has 1 aliphatic heterocycles. The lowest BCUT2D eigenvalue weighted by atomic mass is 9.97. The van der Waals surface area contributed by atoms with Crippen molar-refractivity contribution >= 4 is 0 Å². The minimum absolute atomic E-state index is 0.0759. The number of hydrogen-bond donors (Lipinski definition) is 2. The van der Waals surface area contributed by atoms with Crippen molar-refractivity contribution < 1.29 is 24.1 Å². The molecular weight excluding hydrogens is 251 g/mol. The number of aliphatic hydroxyl groups is 2. The molecule has 2 atom stereocenters. The van der Waals surface area contributed by atoms with Crippen molar-refractivity contribution in [3.05, 3.63) is 23.5 Å². The second kappa shape index (κ2) is 4.98. The summed E-state index contributed by atoms with van der Waals surface area (Å²) in [6.45, 7) is 5.46. The van der Waals surface area contributed by atoms with Crippen molar-refractivity contribution in [2.45, 2.75) is 32.5 Å². The van der Waals surface area contributed by atoms with Crippen LogP contribution in [0.3, 0.4) is 0 Å². The van der Waals surface area contributed by atoms with Gasteiger partial charge in [0.1, 0.15) is 12.2 Å². The van der Waals surface area contributed by atoms with Gasteiger partial charge in [-0.1, -0.05) is 6.92 Å². The van der Waals surface area contributed by atoms with E-state index in [1.165, 1.54) is 6.07 Å². The van der Waals surface area contributed by atoms with Gasteiger partial charge in [-0.2, -0.15) is 0 Å². The Morgan fingerprint density at radius 3 is 2.74 bits per heavy atom. The third-order valence-corrected chi connectivity index (χ3v) is 3.15. The minimum Gasteiger partial charge on any atom is -0.483 e. The van der Waals surface area contributed by atoms with Crippen molar-refractivity contribution in [1.82, 2.24) is 0 Å². The van der Waals surface area contributed by atoms with E-state index in [-0.39, 0.29) is 30.6 Å². The lowest BCUT2D eigenvalue weighted by molar-refractivity contribution is 0.0173. The zero-order valence-electron chi connectivity index (χ0n) is 11.3. The van der Waals surface area contributed by atoms with Crippen molar-refractivity contribution in [1.29, 1.82) is 0 Å². The SMILES string of the molecule is C[C@H](CO)[C@H](O)c1cc(F)c2c(c1)OC(C)(C)CO2. The normalized spacial score (nSPS) is 19.9. The molecule has 1 aromatic carbocycles. The Morgan fingerprint density at radius 1 is 1.42 bits per heavy atom. The Bertz CT molecular complexity index is 473. The van der Waals surface area contributed by atoms with Gasteiger partial charge in [-0.25, -0.2) is 4.39 Å². The molecule has 0 bridgehead atoms. The van der Waals surface area contributed by atoms with E-state index >= 15 is 0 Å². The average molecular weight is 270 g/mol. The van der Waals surface area contributed by atoms with Crippen LogP contribution in [0, 0.1) is 11.7 Å². The summed E-state index contributed by atoms with van der Waals surface area (Å²) in [5, 5.41) is 19.1. The zero-order chi connectivity index (χ0) is 14.2. The summed E-state index contributed by atoms with van der Waals surface area (Å²) >= 11 is 0. The second-order valence-electron chi connectivity index (χ2n) is 5.59. The summed E-state index contributed by atoms with van der Waals surface area (Å²) in [6.07, 6.45) is -0.946. The molecule has 19 heavy (non-hydrogen) atoms. The van der Waals surface area contributed by atoms with Crippen LogP contribution in [0.5, 0.6) is 11.5 Å². The Hall–Kier alpha value is -1.33. The lowest BCUT2D eigenvalue weighted by Crippen LogP contribution is -2.39. The topological polar surface area (TPSA) is 58.9 Å². The highest BCUT2D eigenvalue weighted by Gasteiger charge is 2.31. The molecule has 0 aromatic heterocycles. The van der Waals surface area contributed by atoms with Crippen LogP contribution in [0.2, 0.25) is 0 Å². The summed E-state index contributed by atoms with van der Waals surface area (Å²) in [5.74, 6) is -0.579. The first-order valence-electron chi connectivity index (χ1n) is 6.28. The number of hydrogen-bond acceptors (Lipinski definition) is 4. The molecule has 0 aliphatic carbocycles. The van der Waals surface area contributed by atoms with E-state index in [2.05, 4.69) is 0 Å². The van der Waals surface area contributed by atoms with Crippen molar-refractivity contribution in [2.24, 2.45) is 5.92 Å². The van der Waals surface area contributed by atoms with Crippen LogP contribution in [0.25, 0.3) is 0 Å². The Morgan fingerprint density at radius 2 is 2.11 bits per heavy atom. The van der Waals surface area contributed by atoms with E-state index < -0.39 is 17.5 Å². The summed E-state index contributed by atoms with van der Waals surface area (Å²) in [6, 6.07) is 2.79. The summed E-state index contributed by atoms with van der Waals surface area (Å²) < 4.78 is 25.0. The smallest absolute Gasteiger partial charge is 0.197 e. The maximum Gasteiger partial charge on any atom is 0.197 e. The van der Waals surface area contributed by atoms with Gasteiger partial charge < -0.3 is 19.7 Å². The van der Waals surface area contributed by atoms with E-state index in [9.17, 15) is 9.50 Å². The molecule has 2 rings (SSSR count). The summed E-state index contributed by atoms with van der Waals surface area (Å²) in [7, 11) is 0. The highest BCUT2D eigenvalue weighted by molar-refractivity contribution is 5.46. The van der Waals surface area contributed by atoms with Gasteiger partial charge in [-0.3, -0.25) is 0 Å². The molecule has 1 aromatic rings. The molecular formula is C14H19FO4. The number of fused-ring (bicyclic) bond motifs is 1. The molecule has 1 aliphatic rings. The average Bonchev–Trinajstić information content (AvgIpc) is 2.35. The molecule has 0 amide bonds. The van der Waals surface area contributed by atoms with Gasteiger partial charge in [0.15, 0.2) is 17.3 Å². The predicted molar refractivity (Wildman–Crippen MR) is 67.8 cm³/mol. The molecule has 2 N–H and O–H groups in total. The van der Waals surface area contributed by atoms with E-state index in [1.54, 1.807) is 13.0 Å². The van der Waals surface area contributed by atoms with Crippen LogP contribution in [0.15, 0.2) is 12.1 Å². The van der Waals surface area contributed by atoms with Gasteiger partial charge in [0, 0.05) is 12.5 Å². The van der Waals surface area contributed by atoms with Crippen LogP contribution >= 0.6 is 0 Å². The monoisotopic (exact) mass is 270 g/mol. The molecule has 106 valence electrons. The molecule has 5 heteroatoms. The highest BCUT2D eigenvalue weighted by Crippen LogP contribution is 2.40. The van der Waals surface area contributed by atoms with Crippen molar-refractivity contribution in [2.75, 3.05) is 13.2 Å². The molecule has 4 nitrogen and oxygen atoms in total. The molecule has 0 fully saturated rings. The molecule has 0 spiro atoms. The van der Waals surface area contributed by atoms with Crippen LogP contribution in [-0.4, -0.2) is 29.0 Å². The first kappa shape index (κ1) is 14.1. The lowest BCUT2D eigenvalue weighted by Gasteiger charge is -2.33. The molecule has 0 saturated heterocycles. The van der Waals surface area contributed by atoms with Gasteiger partial charge in [0.2, 0.25) is 0 Å². The third kappa shape index (κ3) is 2.82. The predicted octanol–water partition coefficient (Wildman–Crippen LogP) is 2.04. The van der Waals surface area contributed by atoms with E-state index in [0.29, 0.717) is 5.56 Å². The first-order chi connectivity index (χ1) is 8.84. The van der Waals surface area contributed by atoms with Gasteiger partial charge in [0.25, 0.3) is 0 Å². The van der Waals surface area contributed by atoms with Gasteiger partial charge >= 0.3 is 0 Å². The highest BCUT2D eigenvalue weighted by atomic mass is 19.1. The Labute approximate surface area is 111 Å². The van der Waals surface area contributed by atoms with Crippen LogP contribution < -0.4 is 9.47 Å². The van der Waals surface area contributed by atoms with E-state index in [1.807, 2.05) is 13.8 Å². The fraction of sp³-hybridized carbons (Fsp3) is 0.571. The summed E-state index contributed by atoms with van der Waals surface area (Å²) in [5.41, 5.74) is -0.162. The first-order valence-corrected chi connectivity index (χ1v) is 6.28. The minimum atomic E-state index is -0.946. The number of aliphatic hydroxyl groups excluding tert-OH is 2. The van der Waals surface area contributed by atoms with Crippen LogP contribution in [0.1, 0.15) is 32.4 Å².